The van der Waals surface area contributed by atoms with Crippen molar-refractivity contribution >= 4 is 17.5 Å². The highest BCUT2D eigenvalue weighted by Crippen LogP contribution is 2.15. The summed E-state index contributed by atoms with van der Waals surface area (Å²) >= 11 is 5.76. The maximum absolute atomic E-state index is 5.76. The molecule has 0 saturated heterocycles. The van der Waals surface area contributed by atoms with Gasteiger partial charge in [-0.05, 0) is 20.3 Å². The maximum atomic E-state index is 5.76. The van der Waals surface area contributed by atoms with Gasteiger partial charge in [0.2, 0.25) is 11.8 Å². The van der Waals surface area contributed by atoms with Crippen LogP contribution in [-0.2, 0) is 0 Å². The smallest absolute Gasteiger partial charge is 0.228 e. The monoisotopic (exact) mass is 257 g/mol. The van der Waals surface area contributed by atoms with Crippen LogP contribution in [0.1, 0.15) is 26.0 Å². The average Bonchev–Trinajstić information content (AvgIpc) is 2.32. The lowest BCUT2D eigenvalue weighted by atomic mass is 10.4. The Bertz CT molecular complexity index is 347. The zero-order valence-corrected chi connectivity index (χ0v) is 11.5. The molecule has 0 spiro atoms. The fourth-order valence-corrected chi connectivity index (χ4v) is 1.65. The summed E-state index contributed by atoms with van der Waals surface area (Å²) in [5, 5.41) is 0. The van der Waals surface area contributed by atoms with E-state index in [4.69, 9.17) is 16.3 Å². The van der Waals surface area contributed by atoms with E-state index in [1.165, 1.54) is 0 Å². The van der Waals surface area contributed by atoms with Crippen molar-refractivity contribution in [2.45, 2.75) is 27.2 Å². The van der Waals surface area contributed by atoms with Crippen LogP contribution in [0.25, 0.3) is 0 Å². The highest BCUT2D eigenvalue weighted by Gasteiger charge is 2.09. The number of nitrogens with zero attached hydrogens (tertiary/aromatic N) is 3. The number of anilines is 1. The first-order valence-corrected chi connectivity index (χ1v) is 6.54. The number of hydrogen-bond acceptors (Lipinski definition) is 4. The first kappa shape index (κ1) is 14.0. The SMILES string of the molecule is CCCOc1cc(C)nc(N(CC)CCCl)n1. The van der Waals surface area contributed by atoms with Gasteiger partial charge in [-0.15, -0.1) is 11.6 Å². The molecule has 0 unspecified atom stereocenters. The number of hydrogen-bond donors (Lipinski definition) is 0. The van der Waals surface area contributed by atoms with Gasteiger partial charge in [0.25, 0.3) is 0 Å². The molecule has 0 aliphatic heterocycles. The van der Waals surface area contributed by atoms with Gasteiger partial charge in [-0.3, -0.25) is 0 Å². The summed E-state index contributed by atoms with van der Waals surface area (Å²) < 4.78 is 5.54. The molecule has 1 rings (SSSR count). The molecule has 0 aliphatic carbocycles. The zero-order chi connectivity index (χ0) is 12.7. The fourth-order valence-electron chi connectivity index (χ4n) is 1.45. The van der Waals surface area contributed by atoms with Crippen molar-refractivity contribution in [1.82, 2.24) is 9.97 Å². The highest BCUT2D eigenvalue weighted by molar-refractivity contribution is 6.18. The Balaban J connectivity index is 2.86. The predicted molar refractivity (Wildman–Crippen MR) is 71.2 cm³/mol. The topological polar surface area (TPSA) is 38.2 Å². The van der Waals surface area contributed by atoms with Crippen LogP contribution in [0.3, 0.4) is 0 Å². The Morgan fingerprint density at radius 3 is 2.71 bits per heavy atom. The summed E-state index contributed by atoms with van der Waals surface area (Å²) in [6.45, 7) is 8.33. The Labute approximate surface area is 108 Å². The van der Waals surface area contributed by atoms with E-state index in [-0.39, 0.29) is 0 Å². The number of rotatable bonds is 7. The standard InChI is InChI=1S/C12H20ClN3O/c1-4-8-17-11-9-10(3)14-12(15-11)16(5-2)7-6-13/h9H,4-8H2,1-3H3. The maximum Gasteiger partial charge on any atom is 0.228 e. The van der Waals surface area contributed by atoms with Crippen LogP contribution in [0, 0.1) is 6.92 Å². The largest absolute Gasteiger partial charge is 0.478 e. The predicted octanol–water partition coefficient (Wildman–Crippen LogP) is 2.64. The molecular formula is C12H20ClN3O. The van der Waals surface area contributed by atoms with Gasteiger partial charge in [-0.1, -0.05) is 6.92 Å². The minimum absolute atomic E-state index is 0.566. The molecule has 0 atom stereocenters. The van der Waals surface area contributed by atoms with Crippen molar-refractivity contribution in [3.63, 3.8) is 0 Å². The van der Waals surface area contributed by atoms with E-state index in [0.29, 0.717) is 24.3 Å². The number of ether oxygens (including phenoxy) is 1. The lowest BCUT2D eigenvalue weighted by molar-refractivity contribution is 0.304. The second-order valence-corrected chi connectivity index (χ2v) is 4.14. The zero-order valence-electron chi connectivity index (χ0n) is 10.7. The van der Waals surface area contributed by atoms with Gasteiger partial charge in [-0.25, -0.2) is 4.98 Å². The molecule has 1 heterocycles. The van der Waals surface area contributed by atoms with E-state index in [1.54, 1.807) is 0 Å². The highest BCUT2D eigenvalue weighted by atomic mass is 35.5. The summed E-state index contributed by atoms with van der Waals surface area (Å²) in [7, 11) is 0. The molecule has 5 heteroatoms. The van der Waals surface area contributed by atoms with E-state index in [1.807, 2.05) is 17.9 Å². The number of aryl methyl sites for hydroxylation is 1. The summed E-state index contributed by atoms with van der Waals surface area (Å²) in [4.78, 5) is 10.8. The third-order valence-corrected chi connectivity index (χ3v) is 2.46. The molecule has 0 N–H and O–H groups in total. The van der Waals surface area contributed by atoms with Crippen LogP contribution in [0.5, 0.6) is 5.88 Å². The van der Waals surface area contributed by atoms with Crippen molar-refractivity contribution in [1.29, 1.82) is 0 Å². The molecule has 0 aliphatic rings. The quantitative estimate of drug-likeness (QED) is 0.704. The molecule has 0 radical (unpaired) electrons. The lowest BCUT2D eigenvalue weighted by Gasteiger charge is -2.20. The molecule has 0 aromatic carbocycles. The third kappa shape index (κ3) is 4.38. The van der Waals surface area contributed by atoms with E-state index in [9.17, 15) is 0 Å². The van der Waals surface area contributed by atoms with E-state index < -0.39 is 0 Å². The Kier molecular flexibility index (Phi) is 6.05. The van der Waals surface area contributed by atoms with E-state index in [0.717, 1.165) is 25.2 Å². The third-order valence-electron chi connectivity index (χ3n) is 2.29. The molecule has 1 aromatic rings. The van der Waals surface area contributed by atoms with Crippen molar-refractivity contribution in [3.8, 4) is 5.88 Å². The van der Waals surface area contributed by atoms with Gasteiger partial charge in [0, 0.05) is 30.7 Å². The Morgan fingerprint density at radius 2 is 2.12 bits per heavy atom. The lowest BCUT2D eigenvalue weighted by Crippen LogP contribution is -2.27. The van der Waals surface area contributed by atoms with Crippen LogP contribution < -0.4 is 9.64 Å². The van der Waals surface area contributed by atoms with Gasteiger partial charge < -0.3 is 9.64 Å². The van der Waals surface area contributed by atoms with Crippen molar-refractivity contribution in [2.75, 3.05) is 30.5 Å². The molecule has 17 heavy (non-hydrogen) atoms. The number of aromatic nitrogens is 2. The van der Waals surface area contributed by atoms with E-state index >= 15 is 0 Å². The van der Waals surface area contributed by atoms with Crippen LogP contribution >= 0.6 is 11.6 Å². The molecule has 0 saturated carbocycles. The average molecular weight is 258 g/mol. The Morgan fingerprint density at radius 1 is 1.35 bits per heavy atom. The second kappa shape index (κ2) is 7.33. The Hall–Kier alpha value is -1.03. The van der Waals surface area contributed by atoms with Crippen LogP contribution in [0.4, 0.5) is 5.95 Å². The molecule has 1 aromatic heterocycles. The minimum Gasteiger partial charge on any atom is -0.478 e. The van der Waals surface area contributed by atoms with Gasteiger partial charge in [0.15, 0.2) is 0 Å². The van der Waals surface area contributed by atoms with Gasteiger partial charge in [-0.2, -0.15) is 4.98 Å². The molecule has 4 nitrogen and oxygen atoms in total. The van der Waals surface area contributed by atoms with Crippen LogP contribution in [0.15, 0.2) is 6.07 Å². The normalized spacial score (nSPS) is 10.4. The molecule has 96 valence electrons. The molecule has 0 amide bonds. The molecular weight excluding hydrogens is 238 g/mol. The summed E-state index contributed by atoms with van der Waals surface area (Å²) in [5.74, 6) is 1.90. The van der Waals surface area contributed by atoms with Crippen molar-refractivity contribution in [3.05, 3.63) is 11.8 Å². The summed E-state index contributed by atoms with van der Waals surface area (Å²) in [6, 6.07) is 1.85. The molecule has 0 fully saturated rings. The van der Waals surface area contributed by atoms with Gasteiger partial charge >= 0.3 is 0 Å². The second-order valence-electron chi connectivity index (χ2n) is 3.76. The minimum atomic E-state index is 0.566. The van der Waals surface area contributed by atoms with E-state index in [2.05, 4.69) is 23.8 Å². The van der Waals surface area contributed by atoms with Crippen LogP contribution in [-0.4, -0.2) is 35.5 Å². The fraction of sp³-hybridized carbons (Fsp3) is 0.667. The van der Waals surface area contributed by atoms with Crippen LogP contribution in [0.2, 0.25) is 0 Å². The molecule has 0 bridgehead atoms. The van der Waals surface area contributed by atoms with Crippen molar-refractivity contribution in [2.24, 2.45) is 0 Å². The number of alkyl halides is 1. The summed E-state index contributed by atoms with van der Waals surface area (Å²) in [5.41, 5.74) is 0.911. The van der Waals surface area contributed by atoms with Gasteiger partial charge in [0.1, 0.15) is 0 Å². The summed E-state index contributed by atoms with van der Waals surface area (Å²) in [6.07, 6.45) is 0.970. The number of halogens is 1. The first-order valence-electron chi connectivity index (χ1n) is 6.00. The van der Waals surface area contributed by atoms with Crippen molar-refractivity contribution < 1.29 is 4.74 Å². The van der Waals surface area contributed by atoms with Gasteiger partial charge in [0.05, 0.1) is 6.61 Å². The first-order chi connectivity index (χ1) is 8.21.